The molecule has 1 saturated heterocycles. The first-order chi connectivity index (χ1) is 10.2. The number of para-hydroxylation sites is 1. The van der Waals surface area contributed by atoms with Gasteiger partial charge >= 0.3 is 0 Å². The first-order valence-corrected chi connectivity index (χ1v) is 7.55. The SMILES string of the molecule is OC1(c2cccc3cccnc23)CCC2(CC1)OCCO2. The largest absolute Gasteiger partial charge is 0.385 e. The molecule has 4 heteroatoms. The minimum Gasteiger partial charge on any atom is -0.385 e. The van der Waals surface area contributed by atoms with Crippen LogP contribution in [0, 0.1) is 0 Å². The third-order valence-electron chi connectivity index (χ3n) is 4.79. The molecule has 4 rings (SSSR count). The molecule has 1 aliphatic heterocycles. The Hall–Kier alpha value is -1.49. The number of pyridine rings is 1. The van der Waals surface area contributed by atoms with Crippen LogP contribution >= 0.6 is 0 Å². The van der Waals surface area contributed by atoms with E-state index in [-0.39, 0.29) is 0 Å². The second kappa shape index (κ2) is 4.77. The molecule has 0 bridgehead atoms. The number of benzene rings is 1. The van der Waals surface area contributed by atoms with Crippen LogP contribution in [0.5, 0.6) is 0 Å². The van der Waals surface area contributed by atoms with Crippen LogP contribution in [0.1, 0.15) is 31.2 Å². The molecule has 0 atom stereocenters. The minimum absolute atomic E-state index is 0.454. The zero-order chi connectivity index (χ0) is 14.3. The molecule has 2 heterocycles. The third-order valence-corrected chi connectivity index (χ3v) is 4.79. The number of aromatic nitrogens is 1. The van der Waals surface area contributed by atoms with E-state index in [0.717, 1.165) is 29.3 Å². The molecule has 1 N–H and O–H groups in total. The van der Waals surface area contributed by atoms with E-state index in [2.05, 4.69) is 4.98 Å². The Morgan fingerprint density at radius 3 is 2.43 bits per heavy atom. The van der Waals surface area contributed by atoms with E-state index in [0.29, 0.717) is 26.1 Å². The molecule has 4 nitrogen and oxygen atoms in total. The normalized spacial score (nSPS) is 23.7. The standard InChI is InChI=1S/C17H19NO3/c19-16(6-8-17(9-7-16)20-11-12-21-17)14-5-1-3-13-4-2-10-18-15(13)14/h1-5,10,19H,6-9,11-12H2. The fraction of sp³-hybridized carbons (Fsp3) is 0.471. The maximum absolute atomic E-state index is 11.1. The zero-order valence-electron chi connectivity index (χ0n) is 11.9. The van der Waals surface area contributed by atoms with Gasteiger partial charge in [0, 0.05) is 30.0 Å². The lowest BCUT2D eigenvalue weighted by Crippen LogP contribution is -2.42. The summed E-state index contributed by atoms with van der Waals surface area (Å²) >= 11 is 0. The number of fused-ring (bicyclic) bond motifs is 1. The van der Waals surface area contributed by atoms with Crippen LogP contribution < -0.4 is 0 Å². The fourth-order valence-corrected chi connectivity index (χ4v) is 3.58. The van der Waals surface area contributed by atoms with Crippen LogP contribution in [0.4, 0.5) is 0 Å². The van der Waals surface area contributed by atoms with Gasteiger partial charge in [-0.15, -0.1) is 0 Å². The van der Waals surface area contributed by atoms with E-state index < -0.39 is 11.4 Å². The molecule has 1 spiro atoms. The first kappa shape index (κ1) is 13.2. The summed E-state index contributed by atoms with van der Waals surface area (Å²) in [5, 5.41) is 12.2. The van der Waals surface area contributed by atoms with E-state index in [4.69, 9.17) is 9.47 Å². The number of nitrogens with zero attached hydrogens (tertiary/aromatic N) is 1. The van der Waals surface area contributed by atoms with Gasteiger partial charge in [0.1, 0.15) is 0 Å². The van der Waals surface area contributed by atoms with Crippen molar-refractivity contribution in [1.29, 1.82) is 0 Å². The van der Waals surface area contributed by atoms with Crippen LogP contribution in [0.15, 0.2) is 36.5 Å². The molecule has 1 saturated carbocycles. The summed E-state index contributed by atoms with van der Waals surface area (Å²) in [6, 6.07) is 9.96. The molecule has 1 aromatic heterocycles. The number of rotatable bonds is 1. The second-order valence-electron chi connectivity index (χ2n) is 6.02. The summed E-state index contributed by atoms with van der Waals surface area (Å²) < 4.78 is 11.5. The molecule has 0 amide bonds. The van der Waals surface area contributed by atoms with Crippen molar-refractivity contribution in [3.63, 3.8) is 0 Å². The molecule has 110 valence electrons. The highest BCUT2D eigenvalue weighted by Gasteiger charge is 2.46. The molecule has 1 aliphatic carbocycles. The summed E-state index contributed by atoms with van der Waals surface area (Å²) in [6.45, 7) is 1.32. The molecular formula is C17H19NO3. The van der Waals surface area contributed by atoms with E-state index >= 15 is 0 Å². The van der Waals surface area contributed by atoms with Crippen molar-refractivity contribution in [1.82, 2.24) is 4.98 Å². The summed E-state index contributed by atoms with van der Waals surface area (Å²) in [6.07, 6.45) is 4.52. The number of aliphatic hydroxyl groups is 1. The lowest BCUT2D eigenvalue weighted by molar-refractivity contribution is -0.204. The number of hydrogen-bond acceptors (Lipinski definition) is 4. The van der Waals surface area contributed by atoms with Gasteiger partial charge in [0.15, 0.2) is 5.79 Å². The maximum Gasteiger partial charge on any atom is 0.168 e. The Kier molecular flexibility index (Phi) is 2.99. The second-order valence-corrected chi connectivity index (χ2v) is 6.02. The van der Waals surface area contributed by atoms with Gasteiger partial charge in [0.05, 0.1) is 24.3 Å². The molecule has 2 aliphatic rings. The molecule has 0 radical (unpaired) electrons. The van der Waals surface area contributed by atoms with Crippen LogP contribution in [0.25, 0.3) is 10.9 Å². The summed E-state index contributed by atoms with van der Waals surface area (Å²) in [5.74, 6) is -0.454. The number of ether oxygens (including phenoxy) is 2. The highest BCUT2D eigenvalue weighted by Crippen LogP contribution is 2.45. The van der Waals surface area contributed by atoms with E-state index in [1.807, 2.05) is 30.3 Å². The Morgan fingerprint density at radius 2 is 1.67 bits per heavy atom. The summed E-state index contributed by atoms with van der Waals surface area (Å²) in [7, 11) is 0. The molecule has 2 aromatic rings. The average molecular weight is 285 g/mol. The quantitative estimate of drug-likeness (QED) is 0.875. The van der Waals surface area contributed by atoms with Crippen molar-refractivity contribution >= 4 is 10.9 Å². The summed E-state index contributed by atoms with van der Waals surface area (Å²) in [4.78, 5) is 4.47. The molecule has 0 unspecified atom stereocenters. The van der Waals surface area contributed by atoms with Gasteiger partial charge in [0.25, 0.3) is 0 Å². The highest BCUT2D eigenvalue weighted by molar-refractivity contribution is 5.82. The topological polar surface area (TPSA) is 51.6 Å². The molecule has 2 fully saturated rings. The van der Waals surface area contributed by atoms with E-state index in [1.54, 1.807) is 6.20 Å². The molecule has 1 aromatic carbocycles. The Morgan fingerprint density at radius 1 is 0.952 bits per heavy atom. The first-order valence-electron chi connectivity index (χ1n) is 7.55. The lowest BCUT2D eigenvalue weighted by atomic mass is 9.76. The van der Waals surface area contributed by atoms with Crippen LogP contribution in [0.3, 0.4) is 0 Å². The van der Waals surface area contributed by atoms with Crippen molar-refractivity contribution in [3.8, 4) is 0 Å². The zero-order valence-corrected chi connectivity index (χ0v) is 11.9. The maximum atomic E-state index is 11.1. The van der Waals surface area contributed by atoms with Crippen molar-refractivity contribution < 1.29 is 14.6 Å². The third kappa shape index (κ3) is 2.14. The van der Waals surface area contributed by atoms with Crippen molar-refractivity contribution in [2.45, 2.75) is 37.1 Å². The van der Waals surface area contributed by atoms with Crippen molar-refractivity contribution in [2.75, 3.05) is 13.2 Å². The summed E-state index contributed by atoms with van der Waals surface area (Å²) in [5.41, 5.74) is 0.981. The lowest BCUT2D eigenvalue weighted by Gasteiger charge is -2.41. The van der Waals surface area contributed by atoms with Gasteiger partial charge in [-0.25, -0.2) is 0 Å². The monoisotopic (exact) mass is 285 g/mol. The number of hydrogen-bond donors (Lipinski definition) is 1. The minimum atomic E-state index is -0.839. The van der Waals surface area contributed by atoms with Gasteiger partial charge in [0.2, 0.25) is 0 Å². The average Bonchev–Trinajstić information content (AvgIpc) is 2.99. The van der Waals surface area contributed by atoms with Crippen molar-refractivity contribution in [2.24, 2.45) is 0 Å². The highest BCUT2D eigenvalue weighted by atomic mass is 16.7. The Bertz CT molecular complexity index is 649. The van der Waals surface area contributed by atoms with Gasteiger partial charge in [-0.05, 0) is 18.9 Å². The van der Waals surface area contributed by atoms with Crippen molar-refractivity contribution in [3.05, 3.63) is 42.1 Å². The fourth-order valence-electron chi connectivity index (χ4n) is 3.58. The van der Waals surface area contributed by atoms with Crippen LogP contribution in [0.2, 0.25) is 0 Å². The van der Waals surface area contributed by atoms with Crippen LogP contribution in [-0.4, -0.2) is 29.1 Å². The van der Waals surface area contributed by atoms with E-state index in [1.165, 1.54) is 0 Å². The smallest absolute Gasteiger partial charge is 0.168 e. The molecule has 21 heavy (non-hydrogen) atoms. The van der Waals surface area contributed by atoms with Gasteiger partial charge < -0.3 is 14.6 Å². The van der Waals surface area contributed by atoms with Gasteiger partial charge in [-0.3, -0.25) is 4.98 Å². The van der Waals surface area contributed by atoms with E-state index in [9.17, 15) is 5.11 Å². The van der Waals surface area contributed by atoms with Gasteiger partial charge in [-0.1, -0.05) is 24.3 Å². The Balaban J connectivity index is 1.69. The predicted octanol–water partition coefficient (Wildman–Crippen LogP) is 2.74. The van der Waals surface area contributed by atoms with Gasteiger partial charge in [-0.2, -0.15) is 0 Å². The Labute approximate surface area is 123 Å². The molecular weight excluding hydrogens is 266 g/mol. The van der Waals surface area contributed by atoms with Crippen LogP contribution in [-0.2, 0) is 15.1 Å². The predicted molar refractivity (Wildman–Crippen MR) is 78.7 cm³/mol.